The number of carbonyl (C=O) groups is 2. The van der Waals surface area contributed by atoms with Gasteiger partial charge in [0.1, 0.15) is 17.5 Å². The maximum absolute atomic E-state index is 14.0. The van der Waals surface area contributed by atoms with E-state index in [9.17, 15) is 18.4 Å². The van der Waals surface area contributed by atoms with Crippen molar-refractivity contribution in [2.75, 3.05) is 48.0 Å². The summed E-state index contributed by atoms with van der Waals surface area (Å²) >= 11 is 0. The lowest BCUT2D eigenvalue weighted by molar-refractivity contribution is -0.122. The summed E-state index contributed by atoms with van der Waals surface area (Å²) in [5.74, 6) is -2.10. The number of morpholine rings is 1. The smallest absolute Gasteiger partial charge is 0.229 e. The summed E-state index contributed by atoms with van der Waals surface area (Å²) < 4.78 is 32.4. The Labute approximate surface area is 166 Å². The fourth-order valence-corrected chi connectivity index (χ4v) is 3.50. The van der Waals surface area contributed by atoms with Gasteiger partial charge >= 0.3 is 0 Å². The number of benzene rings is 1. The Morgan fingerprint density at radius 3 is 2.66 bits per heavy atom. The number of carbonyl (C=O) groups excluding carboxylic acids is 2. The Kier molecular flexibility index (Phi) is 5.39. The summed E-state index contributed by atoms with van der Waals surface area (Å²) in [6, 6.07) is 6.58. The van der Waals surface area contributed by atoms with Gasteiger partial charge in [-0.05, 0) is 24.3 Å². The number of halogens is 2. The van der Waals surface area contributed by atoms with Crippen LogP contribution in [0.2, 0.25) is 0 Å². The van der Waals surface area contributed by atoms with Gasteiger partial charge in [-0.15, -0.1) is 0 Å². The van der Waals surface area contributed by atoms with Crippen molar-refractivity contribution in [2.45, 2.75) is 6.42 Å². The maximum atomic E-state index is 14.0. The first-order valence-electron chi connectivity index (χ1n) is 9.36. The van der Waals surface area contributed by atoms with Gasteiger partial charge in [0.25, 0.3) is 0 Å². The molecule has 2 amide bonds. The first kappa shape index (κ1) is 19.3. The lowest BCUT2D eigenvalue weighted by Crippen LogP contribution is -2.36. The summed E-state index contributed by atoms with van der Waals surface area (Å²) in [4.78, 5) is 32.5. The number of pyridine rings is 1. The molecule has 29 heavy (non-hydrogen) atoms. The Morgan fingerprint density at radius 2 is 1.97 bits per heavy atom. The zero-order valence-electron chi connectivity index (χ0n) is 15.6. The number of hydrogen-bond donors (Lipinski definition) is 1. The standard InChI is InChI=1S/C20H20F2N4O3/c21-14-1-3-17(16(22)10-14)26-12-13(9-19(26)27)20(28)24-15-2-4-18(23-11-15)25-5-7-29-8-6-25/h1-4,10-11,13H,5-9,12H2,(H,24,28). The molecule has 1 atom stereocenters. The molecule has 2 aliphatic heterocycles. The number of ether oxygens (including phenoxy) is 1. The SMILES string of the molecule is O=C(Nc1ccc(N2CCOCC2)nc1)C1CC(=O)N(c2ccc(F)cc2F)C1. The molecule has 2 saturated heterocycles. The van der Waals surface area contributed by atoms with E-state index in [0.29, 0.717) is 18.9 Å². The molecule has 1 aromatic carbocycles. The fraction of sp³-hybridized carbons (Fsp3) is 0.350. The van der Waals surface area contributed by atoms with Crippen LogP contribution in [0.1, 0.15) is 6.42 Å². The third kappa shape index (κ3) is 4.19. The van der Waals surface area contributed by atoms with Gasteiger partial charge in [-0.3, -0.25) is 9.59 Å². The summed E-state index contributed by atoms with van der Waals surface area (Å²) in [6.45, 7) is 2.87. The minimum atomic E-state index is -0.831. The molecule has 2 fully saturated rings. The highest BCUT2D eigenvalue weighted by atomic mass is 19.1. The number of nitrogens with one attached hydrogen (secondary N) is 1. The molecule has 0 radical (unpaired) electrons. The van der Waals surface area contributed by atoms with Crippen molar-refractivity contribution < 1.29 is 23.1 Å². The maximum Gasteiger partial charge on any atom is 0.229 e. The van der Waals surface area contributed by atoms with E-state index in [0.717, 1.165) is 31.0 Å². The molecular formula is C20H20F2N4O3. The fourth-order valence-electron chi connectivity index (χ4n) is 3.50. The quantitative estimate of drug-likeness (QED) is 0.849. The van der Waals surface area contributed by atoms with Crippen LogP contribution in [0.15, 0.2) is 36.5 Å². The number of aromatic nitrogens is 1. The number of nitrogens with zero attached hydrogens (tertiary/aromatic N) is 3. The molecule has 152 valence electrons. The molecule has 7 nitrogen and oxygen atoms in total. The second-order valence-corrected chi connectivity index (χ2v) is 6.99. The van der Waals surface area contributed by atoms with Gasteiger partial charge in [0.2, 0.25) is 11.8 Å². The van der Waals surface area contributed by atoms with E-state index in [-0.39, 0.29) is 30.5 Å². The Bertz CT molecular complexity index is 916. The molecule has 2 aromatic rings. The molecule has 9 heteroatoms. The second kappa shape index (κ2) is 8.12. The van der Waals surface area contributed by atoms with Crippen LogP contribution in [0.4, 0.5) is 26.0 Å². The first-order chi connectivity index (χ1) is 14.0. The average Bonchev–Trinajstić information content (AvgIpc) is 3.11. The van der Waals surface area contributed by atoms with E-state index in [1.54, 1.807) is 12.3 Å². The van der Waals surface area contributed by atoms with Crippen molar-refractivity contribution in [3.05, 3.63) is 48.2 Å². The number of anilines is 3. The summed E-state index contributed by atoms with van der Waals surface area (Å²) in [7, 11) is 0. The van der Waals surface area contributed by atoms with Crippen LogP contribution < -0.4 is 15.1 Å². The molecule has 3 heterocycles. The highest BCUT2D eigenvalue weighted by Crippen LogP contribution is 2.28. The second-order valence-electron chi connectivity index (χ2n) is 6.99. The van der Waals surface area contributed by atoms with Crippen LogP contribution in [0.25, 0.3) is 0 Å². The Balaban J connectivity index is 1.39. The van der Waals surface area contributed by atoms with Crippen LogP contribution >= 0.6 is 0 Å². The molecule has 0 saturated carbocycles. The minimum Gasteiger partial charge on any atom is -0.378 e. The van der Waals surface area contributed by atoms with Crippen molar-refractivity contribution >= 4 is 29.0 Å². The molecule has 0 bridgehead atoms. The Morgan fingerprint density at radius 1 is 1.17 bits per heavy atom. The number of rotatable bonds is 4. The molecule has 1 unspecified atom stereocenters. The lowest BCUT2D eigenvalue weighted by atomic mass is 10.1. The summed E-state index contributed by atoms with van der Waals surface area (Å²) in [6.07, 6.45) is 1.53. The van der Waals surface area contributed by atoms with Crippen molar-refractivity contribution in [3.63, 3.8) is 0 Å². The van der Waals surface area contributed by atoms with Crippen LogP contribution in [0, 0.1) is 17.6 Å². The molecule has 0 aliphatic carbocycles. The van der Waals surface area contributed by atoms with E-state index >= 15 is 0 Å². The zero-order chi connectivity index (χ0) is 20.4. The van der Waals surface area contributed by atoms with E-state index in [2.05, 4.69) is 15.2 Å². The molecule has 1 aromatic heterocycles. The van der Waals surface area contributed by atoms with Crippen molar-refractivity contribution in [2.24, 2.45) is 5.92 Å². The molecule has 4 rings (SSSR count). The van der Waals surface area contributed by atoms with E-state index in [4.69, 9.17) is 4.74 Å². The Hall–Kier alpha value is -3.07. The predicted octanol–water partition coefficient (Wildman–Crippen LogP) is 2.19. The van der Waals surface area contributed by atoms with Crippen LogP contribution in [-0.2, 0) is 14.3 Å². The normalized spacial score (nSPS) is 19.5. The monoisotopic (exact) mass is 402 g/mol. The van der Waals surface area contributed by atoms with Crippen LogP contribution in [0.5, 0.6) is 0 Å². The van der Waals surface area contributed by atoms with Crippen LogP contribution in [0.3, 0.4) is 0 Å². The van der Waals surface area contributed by atoms with Crippen molar-refractivity contribution in [1.82, 2.24) is 4.98 Å². The molecule has 0 spiro atoms. The summed E-state index contributed by atoms with van der Waals surface area (Å²) in [5.41, 5.74) is 0.495. The zero-order valence-corrected chi connectivity index (χ0v) is 15.6. The average molecular weight is 402 g/mol. The topological polar surface area (TPSA) is 74.8 Å². The van der Waals surface area contributed by atoms with E-state index < -0.39 is 17.6 Å². The van der Waals surface area contributed by atoms with Gasteiger partial charge in [-0.1, -0.05) is 0 Å². The molecule has 2 aliphatic rings. The third-order valence-electron chi connectivity index (χ3n) is 5.05. The summed E-state index contributed by atoms with van der Waals surface area (Å²) in [5, 5.41) is 2.75. The van der Waals surface area contributed by atoms with Gasteiger partial charge in [-0.2, -0.15) is 0 Å². The van der Waals surface area contributed by atoms with Gasteiger partial charge in [0.05, 0.1) is 36.7 Å². The predicted molar refractivity (Wildman–Crippen MR) is 103 cm³/mol. The number of amides is 2. The van der Waals surface area contributed by atoms with Crippen molar-refractivity contribution in [3.8, 4) is 0 Å². The van der Waals surface area contributed by atoms with E-state index in [1.165, 1.54) is 11.0 Å². The lowest BCUT2D eigenvalue weighted by Gasteiger charge is -2.27. The highest BCUT2D eigenvalue weighted by Gasteiger charge is 2.36. The highest BCUT2D eigenvalue weighted by molar-refractivity contribution is 6.03. The number of hydrogen-bond acceptors (Lipinski definition) is 5. The first-order valence-corrected chi connectivity index (χ1v) is 9.36. The van der Waals surface area contributed by atoms with E-state index in [1.807, 2.05) is 6.07 Å². The minimum absolute atomic E-state index is 0.0248. The van der Waals surface area contributed by atoms with Gasteiger partial charge in [-0.25, -0.2) is 13.8 Å². The van der Waals surface area contributed by atoms with Crippen molar-refractivity contribution in [1.29, 1.82) is 0 Å². The van der Waals surface area contributed by atoms with Gasteiger partial charge < -0.3 is 19.9 Å². The van der Waals surface area contributed by atoms with Gasteiger partial charge in [0, 0.05) is 32.1 Å². The van der Waals surface area contributed by atoms with Gasteiger partial charge in [0.15, 0.2) is 0 Å². The largest absolute Gasteiger partial charge is 0.378 e. The third-order valence-corrected chi connectivity index (χ3v) is 5.05. The molecule has 1 N–H and O–H groups in total. The molecular weight excluding hydrogens is 382 g/mol. The van der Waals surface area contributed by atoms with Crippen LogP contribution in [-0.4, -0.2) is 49.6 Å².